The van der Waals surface area contributed by atoms with E-state index in [1.807, 2.05) is 42.5 Å². The van der Waals surface area contributed by atoms with Crippen LogP contribution >= 0.6 is 0 Å². The number of hydrogen-bond donors (Lipinski definition) is 1. The van der Waals surface area contributed by atoms with E-state index in [9.17, 15) is 4.79 Å². The van der Waals surface area contributed by atoms with Crippen molar-refractivity contribution in [2.75, 3.05) is 17.3 Å². The molecule has 0 aliphatic heterocycles. The molecule has 24 heavy (non-hydrogen) atoms. The topological polar surface area (TPSA) is 71.0 Å². The molecule has 0 bridgehead atoms. The van der Waals surface area contributed by atoms with Crippen molar-refractivity contribution in [1.29, 1.82) is 0 Å². The molecule has 0 saturated carbocycles. The molecule has 2 heterocycles. The fourth-order valence-corrected chi connectivity index (χ4v) is 2.20. The summed E-state index contributed by atoms with van der Waals surface area (Å²) in [5.74, 6) is 0.419. The van der Waals surface area contributed by atoms with Crippen LogP contribution in [0.1, 0.15) is 16.1 Å². The van der Waals surface area contributed by atoms with E-state index in [0.29, 0.717) is 18.1 Å². The molecule has 1 N–H and O–H groups in total. The van der Waals surface area contributed by atoms with Crippen LogP contribution in [0.4, 0.5) is 11.5 Å². The number of amides is 1. The number of carbonyl (C=O) groups is 1. The Morgan fingerprint density at radius 2 is 1.83 bits per heavy atom. The van der Waals surface area contributed by atoms with Crippen LogP contribution in [0.3, 0.4) is 0 Å². The Morgan fingerprint density at radius 1 is 1.08 bits per heavy atom. The van der Waals surface area contributed by atoms with E-state index in [1.54, 1.807) is 30.4 Å². The maximum atomic E-state index is 12.6. The van der Waals surface area contributed by atoms with Crippen molar-refractivity contribution in [3.8, 4) is 0 Å². The maximum absolute atomic E-state index is 12.6. The number of anilines is 2. The third-order valence-electron chi connectivity index (χ3n) is 3.56. The summed E-state index contributed by atoms with van der Waals surface area (Å²) in [5.41, 5.74) is 2.24. The summed E-state index contributed by atoms with van der Waals surface area (Å²) in [7, 11) is 1.73. The molecule has 6 heteroatoms. The lowest BCUT2D eigenvalue weighted by Gasteiger charge is -2.17. The number of pyridine rings is 1. The SMILES string of the molecule is CN(C(=O)c1cc(NCc2ccncc2)ncn1)c1ccccc1. The van der Waals surface area contributed by atoms with Gasteiger partial charge in [-0.1, -0.05) is 18.2 Å². The van der Waals surface area contributed by atoms with Crippen molar-refractivity contribution in [2.24, 2.45) is 0 Å². The van der Waals surface area contributed by atoms with E-state index in [1.165, 1.54) is 6.33 Å². The van der Waals surface area contributed by atoms with Crippen LogP contribution in [0.15, 0.2) is 67.3 Å². The number of nitrogens with one attached hydrogen (secondary N) is 1. The van der Waals surface area contributed by atoms with Crippen molar-refractivity contribution in [2.45, 2.75) is 6.54 Å². The average Bonchev–Trinajstić information content (AvgIpc) is 2.67. The molecule has 0 aliphatic carbocycles. The first-order valence-electron chi connectivity index (χ1n) is 7.52. The number of rotatable bonds is 5. The van der Waals surface area contributed by atoms with Gasteiger partial charge in [0.2, 0.25) is 0 Å². The highest BCUT2D eigenvalue weighted by Crippen LogP contribution is 2.15. The number of nitrogens with zero attached hydrogens (tertiary/aromatic N) is 4. The van der Waals surface area contributed by atoms with Gasteiger partial charge in [-0.05, 0) is 29.8 Å². The smallest absolute Gasteiger partial charge is 0.276 e. The van der Waals surface area contributed by atoms with Crippen molar-refractivity contribution < 1.29 is 4.79 Å². The first-order chi connectivity index (χ1) is 11.7. The molecule has 120 valence electrons. The molecular formula is C18H17N5O. The summed E-state index contributed by atoms with van der Waals surface area (Å²) in [6.45, 7) is 0.599. The van der Waals surface area contributed by atoms with E-state index in [-0.39, 0.29) is 5.91 Å². The molecule has 0 saturated heterocycles. The number of aromatic nitrogens is 3. The lowest BCUT2D eigenvalue weighted by atomic mass is 10.2. The van der Waals surface area contributed by atoms with Gasteiger partial charge in [0, 0.05) is 37.7 Å². The van der Waals surface area contributed by atoms with E-state index in [4.69, 9.17) is 0 Å². The van der Waals surface area contributed by atoms with Crippen LogP contribution < -0.4 is 10.2 Å². The molecule has 0 spiro atoms. The van der Waals surface area contributed by atoms with Crippen molar-refractivity contribution in [3.63, 3.8) is 0 Å². The molecule has 1 amide bonds. The lowest BCUT2D eigenvalue weighted by Crippen LogP contribution is -2.27. The number of benzene rings is 1. The molecule has 1 aromatic carbocycles. The molecule has 0 atom stereocenters. The van der Waals surface area contributed by atoms with Crippen molar-refractivity contribution in [1.82, 2.24) is 15.0 Å². The molecule has 0 unspecified atom stereocenters. The highest BCUT2D eigenvalue weighted by molar-refractivity contribution is 6.04. The van der Waals surface area contributed by atoms with Crippen molar-refractivity contribution in [3.05, 3.63) is 78.5 Å². The predicted octanol–water partition coefficient (Wildman–Crippen LogP) is 2.76. The Hall–Kier alpha value is -3.28. The summed E-state index contributed by atoms with van der Waals surface area (Å²) in [5, 5.41) is 3.19. The lowest BCUT2D eigenvalue weighted by molar-refractivity contribution is 0.0988. The number of carbonyl (C=O) groups excluding carboxylic acids is 1. The molecule has 0 fully saturated rings. The van der Waals surface area contributed by atoms with Crippen LogP contribution in [0.2, 0.25) is 0 Å². The number of hydrogen-bond acceptors (Lipinski definition) is 5. The third kappa shape index (κ3) is 3.73. The zero-order valence-electron chi connectivity index (χ0n) is 13.3. The van der Waals surface area contributed by atoms with Crippen LogP contribution in [0.25, 0.3) is 0 Å². The first-order valence-corrected chi connectivity index (χ1v) is 7.52. The number of para-hydroxylation sites is 1. The second-order valence-electron chi connectivity index (χ2n) is 5.20. The van der Waals surface area contributed by atoms with Crippen LogP contribution in [0, 0.1) is 0 Å². The zero-order valence-corrected chi connectivity index (χ0v) is 13.3. The van der Waals surface area contributed by atoms with Gasteiger partial charge in [0.15, 0.2) is 0 Å². The zero-order chi connectivity index (χ0) is 16.8. The largest absolute Gasteiger partial charge is 0.366 e. The standard InChI is InChI=1S/C18H17N5O/c1-23(15-5-3-2-4-6-15)18(24)16-11-17(22-13-21-16)20-12-14-7-9-19-10-8-14/h2-11,13H,12H2,1H3,(H,20,21,22). The van der Waals surface area contributed by atoms with Gasteiger partial charge < -0.3 is 10.2 Å². The molecule has 0 aliphatic rings. The van der Waals surface area contributed by atoms with Gasteiger partial charge in [-0.25, -0.2) is 9.97 Å². The van der Waals surface area contributed by atoms with E-state index in [0.717, 1.165) is 11.3 Å². The Labute approximate surface area is 140 Å². The minimum absolute atomic E-state index is 0.185. The molecule has 2 aromatic heterocycles. The molecule has 3 rings (SSSR count). The quantitative estimate of drug-likeness (QED) is 0.783. The highest BCUT2D eigenvalue weighted by atomic mass is 16.2. The summed E-state index contributed by atoms with van der Waals surface area (Å²) in [6, 6.07) is 14.9. The van der Waals surface area contributed by atoms with E-state index in [2.05, 4.69) is 20.3 Å². The second-order valence-corrected chi connectivity index (χ2v) is 5.20. The Balaban J connectivity index is 1.71. The molecule has 0 radical (unpaired) electrons. The fourth-order valence-electron chi connectivity index (χ4n) is 2.20. The molecular weight excluding hydrogens is 302 g/mol. The normalized spacial score (nSPS) is 10.2. The highest BCUT2D eigenvalue weighted by Gasteiger charge is 2.15. The molecule has 3 aromatic rings. The van der Waals surface area contributed by atoms with Crippen LogP contribution in [0.5, 0.6) is 0 Å². The van der Waals surface area contributed by atoms with Gasteiger partial charge in [-0.2, -0.15) is 0 Å². The Kier molecular flexibility index (Phi) is 4.76. The minimum atomic E-state index is -0.185. The summed E-state index contributed by atoms with van der Waals surface area (Å²) in [6.07, 6.45) is 4.86. The van der Waals surface area contributed by atoms with E-state index < -0.39 is 0 Å². The Morgan fingerprint density at radius 3 is 2.58 bits per heavy atom. The van der Waals surface area contributed by atoms with Crippen molar-refractivity contribution >= 4 is 17.4 Å². The summed E-state index contributed by atoms with van der Waals surface area (Å²) in [4.78, 5) is 26.4. The maximum Gasteiger partial charge on any atom is 0.276 e. The van der Waals surface area contributed by atoms with Gasteiger partial charge in [0.25, 0.3) is 5.91 Å². The Bertz CT molecular complexity index is 808. The summed E-state index contributed by atoms with van der Waals surface area (Å²) < 4.78 is 0. The third-order valence-corrected chi connectivity index (χ3v) is 3.56. The van der Waals surface area contributed by atoms with Gasteiger partial charge in [-0.3, -0.25) is 9.78 Å². The predicted molar refractivity (Wildman–Crippen MR) is 92.8 cm³/mol. The average molecular weight is 319 g/mol. The second kappa shape index (κ2) is 7.32. The molecule has 6 nitrogen and oxygen atoms in total. The van der Waals surface area contributed by atoms with Gasteiger partial charge in [0.1, 0.15) is 17.8 Å². The fraction of sp³-hybridized carbons (Fsp3) is 0.111. The van der Waals surface area contributed by atoms with Crippen LogP contribution in [-0.4, -0.2) is 27.9 Å². The van der Waals surface area contributed by atoms with Gasteiger partial charge in [0.05, 0.1) is 0 Å². The minimum Gasteiger partial charge on any atom is -0.366 e. The van der Waals surface area contributed by atoms with E-state index >= 15 is 0 Å². The monoisotopic (exact) mass is 319 g/mol. The van der Waals surface area contributed by atoms with Gasteiger partial charge in [-0.15, -0.1) is 0 Å². The summed E-state index contributed by atoms with van der Waals surface area (Å²) >= 11 is 0. The van der Waals surface area contributed by atoms with Crippen LogP contribution in [-0.2, 0) is 6.54 Å². The van der Waals surface area contributed by atoms with Gasteiger partial charge >= 0.3 is 0 Å². The first kappa shape index (κ1) is 15.6.